The molecule has 0 bridgehead atoms. The molecule has 0 spiro atoms. The van der Waals surface area contributed by atoms with Crippen LogP contribution in [-0.4, -0.2) is 56.0 Å². The van der Waals surface area contributed by atoms with Gasteiger partial charge in [-0.3, -0.25) is 4.90 Å². The Morgan fingerprint density at radius 2 is 2.13 bits per heavy atom. The second-order valence-electron chi connectivity index (χ2n) is 5.14. The number of rotatable bonds is 1. The number of nitrogens with one attached hydrogen (secondary N) is 1. The molecule has 3 heterocycles. The zero-order valence-corrected chi connectivity index (χ0v) is 9.04. The number of ether oxygens (including phenoxy) is 1. The predicted octanol–water partition coefficient (Wildman–Crippen LogP) is 0.409. The van der Waals surface area contributed by atoms with Gasteiger partial charge in [0.1, 0.15) is 5.67 Å². The van der Waals surface area contributed by atoms with Crippen LogP contribution in [0.3, 0.4) is 0 Å². The summed E-state index contributed by atoms with van der Waals surface area (Å²) >= 11 is 0. The predicted molar refractivity (Wildman–Crippen MR) is 55.6 cm³/mol. The van der Waals surface area contributed by atoms with E-state index in [1.165, 1.54) is 0 Å². The van der Waals surface area contributed by atoms with E-state index in [0.717, 1.165) is 39.1 Å². The van der Waals surface area contributed by atoms with Crippen molar-refractivity contribution >= 4 is 0 Å². The average molecular weight is 214 g/mol. The van der Waals surface area contributed by atoms with E-state index in [9.17, 15) is 4.39 Å². The van der Waals surface area contributed by atoms with Gasteiger partial charge in [-0.1, -0.05) is 0 Å². The summed E-state index contributed by atoms with van der Waals surface area (Å²) in [6.07, 6.45) is 2.16. The van der Waals surface area contributed by atoms with E-state index in [0.29, 0.717) is 19.1 Å². The fourth-order valence-electron chi connectivity index (χ4n) is 3.21. The number of nitrogens with zero attached hydrogens (tertiary/aromatic N) is 1. The van der Waals surface area contributed by atoms with Crippen LogP contribution in [0.4, 0.5) is 4.39 Å². The highest BCUT2D eigenvalue weighted by Gasteiger charge is 2.51. The van der Waals surface area contributed by atoms with Gasteiger partial charge in [-0.05, 0) is 12.8 Å². The summed E-state index contributed by atoms with van der Waals surface area (Å²) in [5.41, 5.74) is -0.946. The lowest BCUT2D eigenvalue weighted by Gasteiger charge is -2.31. The molecular formula is C11H19FN2O. The van der Waals surface area contributed by atoms with Gasteiger partial charge >= 0.3 is 0 Å². The Morgan fingerprint density at radius 3 is 2.87 bits per heavy atom. The van der Waals surface area contributed by atoms with E-state index < -0.39 is 5.67 Å². The summed E-state index contributed by atoms with van der Waals surface area (Å²) < 4.78 is 19.7. The van der Waals surface area contributed by atoms with Crippen molar-refractivity contribution in [1.29, 1.82) is 0 Å². The number of halogens is 1. The van der Waals surface area contributed by atoms with E-state index in [-0.39, 0.29) is 5.92 Å². The largest absolute Gasteiger partial charge is 0.381 e. The minimum absolute atomic E-state index is 0.223. The van der Waals surface area contributed by atoms with E-state index in [4.69, 9.17) is 4.74 Å². The molecule has 0 saturated carbocycles. The molecule has 0 aromatic carbocycles. The monoisotopic (exact) mass is 214 g/mol. The summed E-state index contributed by atoms with van der Waals surface area (Å²) in [7, 11) is 0. The maximum Gasteiger partial charge on any atom is 0.141 e. The second kappa shape index (κ2) is 3.68. The molecule has 3 nitrogen and oxygen atoms in total. The van der Waals surface area contributed by atoms with E-state index >= 15 is 0 Å². The molecule has 0 aromatic heterocycles. The maximum atomic E-state index is 14.4. The van der Waals surface area contributed by atoms with Crippen molar-refractivity contribution in [3.63, 3.8) is 0 Å². The van der Waals surface area contributed by atoms with E-state index in [2.05, 4.69) is 10.2 Å². The Balaban J connectivity index is 1.65. The molecule has 3 fully saturated rings. The number of hydrogen-bond donors (Lipinski definition) is 1. The summed E-state index contributed by atoms with van der Waals surface area (Å²) in [5, 5.41) is 3.16. The van der Waals surface area contributed by atoms with Crippen LogP contribution in [0.15, 0.2) is 0 Å². The van der Waals surface area contributed by atoms with Gasteiger partial charge in [0.2, 0.25) is 0 Å². The lowest BCUT2D eigenvalue weighted by molar-refractivity contribution is 0.0357. The lowest BCUT2D eigenvalue weighted by Crippen LogP contribution is -2.41. The molecule has 15 heavy (non-hydrogen) atoms. The summed E-state index contributed by atoms with van der Waals surface area (Å²) in [6, 6.07) is 0.567. The zero-order chi connectivity index (χ0) is 10.3. The average Bonchev–Trinajstić information content (AvgIpc) is 2.74. The minimum atomic E-state index is -0.946. The molecule has 4 heteroatoms. The molecule has 0 amide bonds. The van der Waals surface area contributed by atoms with Crippen LogP contribution in [-0.2, 0) is 4.74 Å². The van der Waals surface area contributed by atoms with Gasteiger partial charge in [-0.25, -0.2) is 4.39 Å². The summed E-state index contributed by atoms with van der Waals surface area (Å²) in [4.78, 5) is 2.36. The van der Waals surface area contributed by atoms with Crippen LogP contribution in [0.25, 0.3) is 0 Å². The van der Waals surface area contributed by atoms with E-state index in [1.54, 1.807) is 0 Å². The maximum absolute atomic E-state index is 14.4. The Bertz CT molecular complexity index is 245. The highest BCUT2D eigenvalue weighted by Crippen LogP contribution is 2.36. The highest BCUT2D eigenvalue weighted by atomic mass is 19.1. The van der Waals surface area contributed by atoms with Crippen molar-refractivity contribution in [1.82, 2.24) is 10.2 Å². The topological polar surface area (TPSA) is 24.5 Å². The summed E-state index contributed by atoms with van der Waals surface area (Å²) in [5.74, 6) is 0.223. The third kappa shape index (κ3) is 1.69. The summed E-state index contributed by atoms with van der Waals surface area (Å²) in [6.45, 7) is 4.68. The molecule has 2 unspecified atom stereocenters. The first-order chi connectivity index (χ1) is 7.28. The molecule has 0 aliphatic carbocycles. The number of hydrogen-bond acceptors (Lipinski definition) is 3. The molecule has 1 N–H and O–H groups in total. The van der Waals surface area contributed by atoms with Crippen molar-refractivity contribution < 1.29 is 9.13 Å². The third-order valence-electron chi connectivity index (χ3n) is 4.17. The quantitative estimate of drug-likeness (QED) is 0.684. The van der Waals surface area contributed by atoms with Crippen molar-refractivity contribution in [3.8, 4) is 0 Å². The van der Waals surface area contributed by atoms with E-state index in [1.807, 2.05) is 0 Å². The van der Waals surface area contributed by atoms with Crippen molar-refractivity contribution in [3.05, 3.63) is 0 Å². The molecule has 2 atom stereocenters. The van der Waals surface area contributed by atoms with Gasteiger partial charge in [0.25, 0.3) is 0 Å². The van der Waals surface area contributed by atoms with Crippen LogP contribution < -0.4 is 5.32 Å². The van der Waals surface area contributed by atoms with Gasteiger partial charge in [-0.15, -0.1) is 0 Å². The van der Waals surface area contributed by atoms with Crippen molar-refractivity contribution in [2.75, 3.05) is 39.4 Å². The first-order valence-corrected chi connectivity index (χ1v) is 5.99. The SMILES string of the molecule is FC12CNCC1CN(C1CCOCC1)C2. The van der Waals surface area contributed by atoms with Crippen molar-refractivity contribution in [2.45, 2.75) is 24.6 Å². The number of fused-ring (bicyclic) bond motifs is 1. The molecule has 3 aliphatic rings. The number of alkyl halides is 1. The van der Waals surface area contributed by atoms with Gasteiger partial charge in [0.15, 0.2) is 0 Å². The standard InChI is InChI=1S/C11H19FN2O/c12-11-7-13-5-9(11)6-14(8-11)10-1-3-15-4-2-10/h9-10,13H,1-8H2. The van der Waals surface area contributed by atoms with Gasteiger partial charge in [0, 0.05) is 51.4 Å². The molecular weight excluding hydrogens is 195 g/mol. The normalized spacial score (nSPS) is 43.4. The molecule has 3 rings (SSSR count). The number of likely N-dealkylation sites (tertiary alicyclic amines) is 1. The first-order valence-electron chi connectivity index (χ1n) is 5.99. The first kappa shape index (κ1) is 10.00. The molecule has 86 valence electrons. The Labute approximate surface area is 90.0 Å². The fraction of sp³-hybridized carbons (Fsp3) is 1.00. The molecule has 3 aliphatic heterocycles. The molecule has 0 radical (unpaired) electrons. The highest BCUT2D eigenvalue weighted by molar-refractivity contribution is 5.05. The Kier molecular flexibility index (Phi) is 2.45. The van der Waals surface area contributed by atoms with Crippen LogP contribution in [0.1, 0.15) is 12.8 Å². The zero-order valence-electron chi connectivity index (χ0n) is 9.04. The third-order valence-corrected chi connectivity index (χ3v) is 4.17. The van der Waals surface area contributed by atoms with Gasteiger partial charge < -0.3 is 10.1 Å². The molecule has 3 saturated heterocycles. The van der Waals surface area contributed by atoms with Crippen LogP contribution in [0, 0.1) is 5.92 Å². The van der Waals surface area contributed by atoms with Crippen LogP contribution in [0.2, 0.25) is 0 Å². The smallest absolute Gasteiger partial charge is 0.141 e. The Hall–Kier alpha value is -0.190. The van der Waals surface area contributed by atoms with Crippen LogP contribution in [0.5, 0.6) is 0 Å². The Morgan fingerprint density at radius 1 is 1.33 bits per heavy atom. The fourth-order valence-corrected chi connectivity index (χ4v) is 3.21. The minimum Gasteiger partial charge on any atom is -0.381 e. The lowest BCUT2D eigenvalue weighted by atomic mass is 9.97. The van der Waals surface area contributed by atoms with Gasteiger partial charge in [0.05, 0.1) is 0 Å². The van der Waals surface area contributed by atoms with Gasteiger partial charge in [-0.2, -0.15) is 0 Å². The van der Waals surface area contributed by atoms with Crippen molar-refractivity contribution in [2.24, 2.45) is 5.92 Å². The second-order valence-corrected chi connectivity index (χ2v) is 5.14. The molecule has 0 aromatic rings. The van der Waals surface area contributed by atoms with Crippen LogP contribution >= 0.6 is 0 Å².